The van der Waals surface area contributed by atoms with Gasteiger partial charge in [0.25, 0.3) is 5.91 Å². The highest BCUT2D eigenvalue weighted by Crippen LogP contribution is 2.30. The van der Waals surface area contributed by atoms with Gasteiger partial charge in [-0.05, 0) is 60.0 Å². The number of amides is 1. The second kappa shape index (κ2) is 8.61. The largest absolute Gasteiger partial charge is 0.494 e. The monoisotopic (exact) mass is 385 g/mol. The molecule has 0 bridgehead atoms. The molecule has 1 heterocycles. The lowest BCUT2D eigenvalue weighted by Crippen LogP contribution is -2.17. The summed E-state index contributed by atoms with van der Waals surface area (Å²) in [5, 5.41) is 4.05. The Hall–Kier alpha value is -3.60. The molecule has 29 heavy (non-hydrogen) atoms. The van der Waals surface area contributed by atoms with Crippen molar-refractivity contribution < 1.29 is 9.53 Å². The number of nitrogens with one attached hydrogen (secondary N) is 1. The predicted molar refractivity (Wildman–Crippen MR) is 115 cm³/mol. The van der Waals surface area contributed by atoms with Gasteiger partial charge in [0.2, 0.25) is 0 Å². The summed E-state index contributed by atoms with van der Waals surface area (Å²) in [5.41, 5.74) is 7.70. The van der Waals surface area contributed by atoms with Gasteiger partial charge >= 0.3 is 0 Å². The molecule has 0 unspecified atom stereocenters. The summed E-state index contributed by atoms with van der Waals surface area (Å²) in [7, 11) is 0. The molecule has 146 valence electrons. The second-order valence-corrected chi connectivity index (χ2v) is 6.88. The van der Waals surface area contributed by atoms with E-state index in [9.17, 15) is 4.79 Å². The van der Waals surface area contributed by atoms with E-state index >= 15 is 0 Å². The van der Waals surface area contributed by atoms with Crippen molar-refractivity contribution in [2.45, 2.75) is 20.0 Å². The van der Waals surface area contributed by atoms with E-state index < -0.39 is 0 Å². The Morgan fingerprint density at radius 3 is 2.55 bits per heavy atom. The maximum Gasteiger partial charge on any atom is 0.271 e. The van der Waals surface area contributed by atoms with E-state index in [1.54, 1.807) is 6.21 Å². The number of benzene rings is 3. The van der Waals surface area contributed by atoms with Crippen molar-refractivity contribution in [1.29, 1.82) is 0 Å². The first-order chi connectivity index (χ1) is 14.2. The Morgan fingerprint density at radius 2 is 1.79 bits per heavy atom. The number of nitrogens with zero attached hydrogens (tertiary/aromatic N) is 2. The Morgan fingerprint density at radius 1 is 1.03 bits per heavy atom. The van der Waals surface area contributed by atoms with E-state index in [0.717, 1.165) is 30.1 Å². The van der Waals surface area contributed by atoms with Gasteiger partial charge in [-0.1, -0.05) is 36.4 Å². The molecule has 1 aliphatic heterocycles. The summed E-state index contributed by atoms with van der Waals surface area (Å²) in [6, 6.07) is 23.6. The van der Waals surface area contributed by atoms with Crippen molar-refractivity contribution >= 4 is 17.8 Å². The molecule has 5 heteroatoms. The minimum Gasteiger partial charge on any atom is -0.494 e. The Labute approximate surface area is 170 Å². The van der Waals surface area contributed by atoms with Crippen LogP contribution in [0.25, 0.3) is 0 Å². The van der Waals surface area contributed by atoms with E-state index in [4.69, 9.17) is 4.74 Å². The number of rotatable bonds is 6. The van der Waals surface area contributed by atoms with Gasteiger partial charge in [-0.25, -0.2) is 5.43 Å². The number of carbonyl (C=O) groups is 1. The van der Waals surface area contributed by atoms with Crippen molar-refractivity contribution in [3.63, 3.8) is 0 Å². The zero-order chi connectivity index (χ0) is 20.1. The van der Waals surface area contributed by atoms with E-state index in [-0.39, 0.29) is 5.91 Å². The van der Waals surface area contributed by atoms with Crippen LogP contribution in [-0.4, -0.2) is 18.7 Å². The summed E-state index contributed by atoms with van der Waals surface area (Å²) in [6.45, 7) is 4.25. The minimum atomic E-state index is -0.209. The summed E-state index contributed by atoms with van der Waals surface area (Å²) < 4.78 is 5.51. The average Bonchev–Trinajstić information content (AvgIpc) is 3.18. The summed E-state index contributed by atoms with van der Waals surface area (Å²) in [5.74, 6) is 0.669. The molecule has 0 atom stereocenters. The number of hydrazone groups is 1. The van der Waals surface area contributed by atoms with Gasteiger partial charge < -0.3 is 9.64 Å². The third kappa shape index (κ3) is 4.46. The fourth-order valence-corrected chi connectivity index (χ4v) is 3.41. The Kier molecular flexibility index (Phi) is 5.56. The van der Waals surface area contributed by atoms with Crippen LogP contribution in [0.3, 0.4) is 0 Å². The molecule has 0 saturated heterocycles. The molecule has 1 N–H and O–H groups in total. The lowest BCUT2D eigenvalue weighted by Gasteiger charge is -2.18. The first-order valence-electron chi connectivity index (χ1n) is 9.71. The Balaban J connectivity index is 1.41. The van der Waals surface area contributed by atoms with Crippen LogP contribution in [0, 0.1) is 0 Å². The van der Waals surface area contributed by atoms with Crippen LogP contribution in [-0.2, 0) is 13.1 Å². The van der Waals surface area contributed by atoms with Crippen LogP contribution in [0.15, 0.2) is 77.9 Å². The summed E-state index contributed by atoms with van der Waals surface area (Å²) >= 11 is 0. The van der Waals surface area contributed by atoms with Gasteiger partial charge in [0.15, 0.2) is 0 Å². The topological polar surface area (TPSA) is 53.9 Å². The van der Waals surface area contributed by atoms with E-state index in [0.29, 0.717) is 12.2 Å². The lowest BCUT2D eigenvalue weighted by atomic mass is 10.1. The average molecular weight is 385 g/mol. The molecule has 1 amide bonds. The zero-order valence-corrected chi connectivity index (χ0v) is 16.3. The van der Waals surface area contributed by atoms with Crippen molar-refractivity contribution in [1.82, 2.24) is 5.43 Å². The van der Waals surface area contributed by atoms with Gasteiger partial charge in [0.05, 0.1) is 12.8 Å². The molecule has 0 aliphatic carbocycles. The molecule has 0 aromatic heterocycles. The molecule has 1 aliphatic rings. The van der Waals surface area contributed by atoms with Crippen molar-refractivity contribution in [3.8, 4) is 5.75 Å². The predicted octanol–water partition coefficient (Wildman–Crippen LogP) is 4.37. The summed E-state index contributed by atoms with van der Waals surface area (Å²) in [4.78, 5) is 14.7. The number of hydrogen-bond acceptors (Lipinski definition) is 4. The normalized spacial score (nSPS) is 12.8. The first kappa shape index (κ1) is 18.7. The number of ether oxygens (including phenoxy) is 1. The van der Waals surface area contributed by atoms with Gasteiger partial charge in [-0.3, -0.25) is 4.79 Å². The lowest BCUT2D eigenvalue weighted by molar-refractivity contribution is 0.0955. The SMILES string of the molecule is CCOc1ccc(N2Cc3ccc(C(=O)N/N=C\c4ccccc4)cc3C2)cc1. The van der Waals surface area contributed by atoms with Gasteiger partial charge in [-0.15, -0.1) is 0 Å². The van der Waals surface area contributed by atoms with Gasteiger partial charge in [0, 0.05) is 24.3 Å². The van der Waals surface area contributed by atoms with E-state index in [2.05, 4.69) is 27.6 Å². The highest BCUT2D eigenvalue weighted by molar-refractivity contribution is 5.95. The van der Waals surface area contributed by atoms with Crippen LogP contribution in [0.2, 0.25) is 0 Å². The number of fused-ring (bicyclic) bond motifs is 1. The smallest absolute Gasteiger partial charge is 0.271 e. The molecule has 4 rings (SSSR count). The van der Waals surface area contributed by atoms with Crippen molar-refractivity contribution in [2.24, 2.45) is 5.10 Å². The second-order valence-electron chi connectivity index (χ2n) is 6.88. The van der Waals surface area contributed by atoms with Crippen LogP contribution in [0.5, 0.6) is 5.75 Å². The zero-order valence-electron chi connectivity index (χ0n) is 16.3. The molecular weight excluding hydrogens is 362 g/mol. The van der Waals surface area contributed by atoms with Crippen LogP contribution in [0.4, 0.5) is 5.69 Å². The van der Waals surface area contributed by atoms with Crippen molar-refractivity contribution in [3.05, 3.63) is 95.1 Å². The Bertz CT molecular complexity index is 1010. The maximum atomic E-state index is 12.4. The highest BCUT2D eigenvalue weighted by Gasteiger charge is 2.20. The van der Waals surface area contributed by atoms with Crippen LogP contribution in [0.1, 0.15) is 34.0 Å². The summed E-state index contributed by atoms with van der Waals surface area (Å²) in [6.07, 6.45) is 1.64. The molecular formula is C24H23N3O2. The molecule has 0 spiro atoms. The fraction of sp³-hybridized carbons (Fsp3) is 0.167. The number of carbonyl (C=O) groups excluding carboxylic acids is 1. The number of anilines is 1. The van der Waals surface area contributed by atoms with Crippen LogP contribution < -0.4 is 15.1 Å². The standard InChI is InChI=1S/C24H23N3O2/c1-2-29-23-12-10-22(11-13-23)27-16-20-9-8-19(14-21(20)17-27)24(28)26-25-15-18-6-4-3-5-7-18/h3-15H,2,16-17H2,1H3,(H,26,28)/b25-15-. The molecule has 0 radical (unpaired) electrons. The molecule has 0 saturated carbocycles. The highest BCUT2D eigenvalue weighted by atomic mass is 16.5. The molecule has 3 aromatic carbocycles. The van der Waals surface area contributed by atoms with E-state index in [1.807, 2.05) is 67.6 Å². The van der Waals surface area contributed by atoms with E-state index in [1.165, 1.54) is 11.1 Å². The quantitative estimate of drug-likeness (QED) is 0.506. The third-order valence-electron chi connectivity index (χ3n) is 4.88. The van der Waals surface area contributed by atoms with Crippen molar-refractivity contribution in [2.75, 3.05) is 11.5 Å². The molecule has 3 aromatic rings. The van der Waals surface area contributed by atoms with Gasteiger partial charge in [-0.2, -0.15) is 5.10 Å². The van der Waals surface area contributed by atoms with Crippen LogP contribution >= 0.6 is 0 Å². The molecule has 5 nitrogen and oxygen atoms in total. The maximum absolute atomic E-state index is 12.4. The molecule has 0 fully saturated rings. The first-order valence-corrected chi connectivity index (χ1v) is 9.71. The fourth-order valence-electron chi connectivity index (χ4n) is 3.41. The third-order valence-corrected chi connectivity index (χ3v) is 4.88. The number of hydrogen-bond donors (Lipinski definition) is 1. The minimum absolute atomic E-state index is 0.209. The van der Waals surface area contributed by atoms with Gasteiger partial charge in [0.1, 0.15) is 5.75 Å².